The van der Waals surface area contributed by atoms with E-state index in [1.165, 1.54) is 5.56 Å². The molecule has 0 saturated carbocycles. The molecule has 0 saturated heterocycles. The number of aryl methyl sites for hydroxylation is 2. The standard InChI is InChI=1S/C16H22N4/c1-16(2,3)13-11-15(20-17)19-14(18-13)10-9-12-7-5-4-6-8-12/h4-8,11H,9-10,17H2,1-3H3,(H,18,19,20). The maximum atomic E-state index is 5.50. The van der Waals surface area contributed by atoms with Crippen LogP contribution in [0.5, 0.6) is 0 Å². The van der Waals surface area contributed by atoms with Gasteiger partial charge >= 0.3 is 0 Å². The second-order valence-electron chi connectivity index (χ2n) is 5.93. The highest BCUT2D eigenvalue weighted by Gasteiger charge is 2.17. The van der Waals surface area contributed by atoms with Gasteiger partial charge < -0.3 is 5.43 Å². The van der Waals surface area contributed by atoms with Crippen molar-refractivity contribution in [1.29, 1.82) is 0 Å². The lowest BCUT2D eigenvalue weighted by Crippen LogP contribution is -2.18. The molecule has 0 unspecified atom stereocenters. The van der Waals surface area contributed by atoms with Crippen molar-refractivity contribution in [2.75, 3.05) is 5.43 Å². The van der Waals surface area contributed by atoms with Crippen molar-refractivity contribution in [1.82, 2.24) is 9.97 Å². The van der Waals surface area contributed by atoms with Gasteiger partial charge in [-0.1, -0.05) is 51.1 Å². The number of anilines is 1. The third-order valence-electron chi connectivity index (χ3n) is 3.17. The molecule has 0 radical (unpaired) electrons. The first-order chi connectivity index (χ1) is 9.49. The molecular weight excluding hydrogens is 248 g/mol. The molecular formula is C16H22N4. The maximum Gasteiger partial charge on any atom is 0.143 e. The van der Waals surface area contributed by atoms with Crippen LogP contribution in [0, 0.1) is 0 Å². The lowest BCUT2D eigenvalue weighted by molar-refractivity contribution is 0.562. The summed E-state index contributed by atoms with van der Waals surface area (Å²) in [6.45, 7) is 6.41. The van der Waals surface area contributed by atoms with Gasteiger partial charge in [-0.3, -0.25) is 0 Å². The van der Waals surface area contributed by atoms with Crippen LogP contribution < -0.4 is 11.3 Å². The number of nitrogens with zero attached hydrogens (tertiary/aromatic N) is 2. The van der Waals surface area contributed by atoms with Crippen LogP contribution in [0.3, 0.4) is 0 Å². The van der Waals surface area contributed by atoms with Gasteiger partial charge in [-0.15, -0.1) is 0 Å². The molecule has 1 aromatic heterocycles. The topological polar surface area (TPSA) is 63.8 Å². The molecule has 0 aliphatic heterocycles. The Hall–Kier alpha value is -1.94. The van der Waals surface area contributed by atoms with Crippen LogP contribution in [0.15, 0.2) is 36.4 Å². The Morgan fingerprint density at radius 2 is 1.75 bits per heavy atom. The Balaban J connectivity index is 2.19. The highest BCUT2D eigenvalue weighted by molar-refractivity contribution is 5.36. The fraction of sp³-hybridized carbons (Fsp3) is 0.375. The zero-order valence-electron chi connectivity index (χ0n) is 12.4. The van der Waals surface area contributed by atoms with Gasteiger partial charge in [0.15, 0.2) is 0 Å². The Morgan fingerprint density at radius 3 is 2.35 bits per heavy atom. The van der Waals surface area contributed by atoms with E-state index in [0.29, 0.717) is 5.82 Å². The average Bonchev–Trinajstić information content (AvgIpc) is 2.45. The van der Waals surface area contributed by atoms with Crippen molar-refractivity contribution in [2.45, 2.75) is 39.0 Å². The second-order valence-corrected chi connectivity index (χ2v) is 5.93. The van der Waals surface area contributed by atoms with Crippen LogP contribution in [0.4, 0.5) is 5.82 Å². The van der Waals surface area contributed by atoms with Crippen molar-refractivity contribution < 1.29 is 0 Å². The Kier molecular flexibility index (Phi) is 4.35. The fourth-order valence-electron chi connectivity index (χ4n) is 1.97. The average molecular weight is 270 g/mol. The smallest absolute Gasteiger partial charge is 0.143 e. The summed E-state index contributed by atoms with van der Waals surface area (Å²) in [5, 5.41) is 0. The first-order valence-corrected chi connectivity index (χ1v) is 6.88. The molecule has 1 aromatic carbocycles. The summed E-state index contributed by atoms with van der Waals surface area (Å²) in [6.07, 6.45) is 1.74. The van der Waals surface area contributed by atoms with E-state index in [-0.39, 0.29) is 5.41 Å². The van der Waals surface area contributed by atoms with Crippen molar-refractivity contribution in [3.05, 3.63) is 53.5 Å². The molecule has 106 valence electrons. The van der Waals surface area contributed by atoms with Crippen molar-refractivity contribution in [3.63, 3.8) is 0 Å². The molecule has 2 rings (SSSR count). The highest BCUT2D eigenvalue weighted by atomic mass is 15.3. The van der Waals surface area contributed by atoms with E-state index in [9.17, 15) is 0 Å². The SMILES string of the molecule is CC(C)(C)c1cc(NN)nc(CCc2ccccc2)n1. The van der Waals surface area contributed by atoms with Gasteiger partial charge in [0.2, 0.25) is 0 Å². The monoisotopic (exact) mass is 270 g/mol. The third kappa shape index (κ3) is 3.78. The van der Waals surface area contributed by atoms with Crippen LogP contribution in [0.2, 0.25) is 0 Å². The van der Waals surface area contributed by atoms with Gasteiger partial charge in [0.25, 0.3) is 0 Å². The quantitative estimate of drug-likeness (QED) is 0.662. The van der Waals surface area contributed by atoms with E-state index >= 15 is 0 Å². The van der Waals surface area contributed by atoms with Gasteiger partial charge in [-0.05, 0) is 12.0 Å². The number of hydrogen-bond acceptors (Lipinski definition) is 4. The van der Waals surface area contributed by atoms with Crippen LogP contribution in [0.25, 0.3) is 0 Å². The minimum atomic E-state index is -0.0178. The Morgan fingerprint density at radius 1 is 1.05 bits per heavy atom. The molecule has 0 bridgehead atoms. The van der Waals surface area contributed by atoms with E-state index in [1.807, 2.05) is 12.1 Å². The molecule has 0 atom stereocenters. The lowest BCUT2D eigenvalue weighted by atomic mass is 9.92. The van der Waals surface area contributed by atoms with E-state index in [0.717, 1.165) is 24.4 Å². The molecule has 0 fully saturated rings. The van der Waals surface area contributed by atoms with Gasteiger partial charge in [-0.2, -0.15) is 0 Å². The van der Waals surface area contributed by atoms with Crippen LogP contribution >= 0.6 is 0 Å². The number of nitrogen functional groups attached to an aromatic ring is 1. The molecule has 0 aliphatic carbocycles. The summed E-state index contributed by atoms with van der Waals surface area (Å²) in [7, 11) is 0. The van der Waals surface area contributed by atoms with E-state index in [4.69, 9.17) is 5.84 Å². The first kappa shape index (κ1) is 14.5. The number of hydrazine groups is 1. The van der Waals surface area contributed by atoms with Crippen LogP contribution in [-0.4, -0.2) is 9.97 Å². The molecule has 0 amide bonds. The number of nitrogens with one attached hydrogen (secondary N) is 1. The fourth-order valence-corrected chi connectivity index (χ4v) is 1.97. The number of hydrogen-bond donors (Lipinski definition) is 2. The molecule has 0 spiro atoms. The molecule has 1 heterocycles. The summed E-state index contributed by atoms with van der Waals surface area (Å²) >= 11 is 0. The largest absolute Gasteiger partial charge is 0.308 e. The zero-order chi connectivity index (χ0) is 14.6. The number of aromatic nitrogens is 2. The van der Waals surface area contributed by atoms with Crippen molar-refractivity contribution in [2.24, 2.45) is 5.84 Å². The Bertz CT molecular complexity index is 558. The summed E-state index contributed by atoms with van der Waals surface area (Å²) in [4.78, 5) is 9.09. The lowest BCUT2D eigenvalue weighted by Gasteiger charge is -2.19. The number of rotatable bonds is 4. The summed E-state index contributed by atoms with van der Waals surface area (Å²) in [6, 6.07) is 12.3. The van der Waals surface area contributed by atoms with Gasteiger partial charge in [-0.25, -0.2) is 15.8 Å². The molecule has 2 aromatic rings. The molecule has 20 heavy (non-hydrogen) atoms. The molecule has 4 nitrogen and oxygen atoms in total. The predicted octanol–water partition coefficient (Wildman–Crippen LogP) is 2.84. The van der Waals surface area contributed by atoms with Crippen molar-refractivity contribution in [3.8, 4) is 0 Å². The summed E-state index contributed by atoms with van der Waals surface area (Å²) in [5.74, 6) is 7.00. The number of benzene rings is 1. The van der Waals surface area contributed by atoms with Gasteiger partial charge in [0, 0.05) is 17.9 Å². The molecule has 3 N–H and O–H groups in total. The second kappa shape index (κ2) is 6.01. The molecule has 0 aliphatic rings. The van der Waals surface area contributed by atoms with Crippen molar-refractivity contribution >= 4 is 5.82 Å². The minimum absolute atomic E-state index is 0.0178. The summed E-state index contributed by atoms with van der Waals surface area (Å²) < 4.78 is 0. The Labute approximate surface area is 120 Å². The minimum Gasteiger partial charge on any atom is -0.308 e. The molecule has 4 heteroatoms. The van der Waals surface area contributed by atoms with Crippen LogP contribution in [-0.2, 0) is 18.3 Å². The highest BCUT2D eigenvalue weighted by Crippen LogP contribution is 2.22. The normalized spacial score (nSPS) is 11.4. The van der Waals surface area contributed by atoms with Gasteiger partial charge in [0.1, 0.15) is 11.6 Å². The predicted molar refractivity (Wildman–Crippen MR) is 82.4 cm³/mol. The number of nitrogens with two attached hydrogens (primary N) is 1. The first-order valence-electron chi connectivity index (χ1n) is 6.88. The van der Waals surface area contributed by atoms with Crippen LogP contribution in [0.1, 0.15) is 37.9 Å². The van der Waals surface area contributed by atoms with E-state index in [2.05, 4.69) is 60.4 Å². The maximum absolute atomic E-state index is 5.50. The summed E-state index contributed by atoms with van der Waals surface area (Å²) in [5.41, 5.74) is 4.90. The van der Waals surface area contributed by atoms with Gasteiger partial charge in [0.05, 0.1) is 5.69 Å². The third-order valence-corrected chi connectivity index (χ3v) is 3.17. The van der Waals surface area contributed by atoms with E-state index in [1.54, 1.807) is 0 Å². The van der Waals surface area contributed by atoms with E-state index < -0.39 is 0 Å². The zero-order valence-corrected chi connectivity index (χ0v) is 12.4.